The molecule has 14 nitrogen and oxygen atoms in total. The van der Waals surface area contributed by atoms with E-state index in [-0.39, 0.29) is 76.4 Å². The topological polar surface area (TPSA) is 195 Å². The molecule has 2 aromatic carbocycles. The Hall–Kier alpha value is -5.78. The molecule has 328 valence electrons. The molecule has 0 saturated carbocycles. The molecule has 4 atom stereocenters. The molecule has 6 heterocycles. The minimum Gasteiger partial charge on any atom is -0.503 e. The number of fused-ring (bicyclic) bond motifs is 4. The summed E-state index contributed by atoms with van der Waals surface area (Å²) in [5.41, 5.74) is -4.38. The van der Waals surface area contributed by atoms with Crippen molar-refractivity contribution in [1.82, 2.24) is 19.8 Å². The number of nitrogens with one attached hydrogen (secondary N) is 2. The third-order valence-electron chi connectivity index (χ3n) is 12.4. The molecule has 18 heteroatoms. The second-order valence-corrected chi connectivity index (χ2v) is 16.8. The van der Waals surface area contributed by atoms with Gasteiger partial charge in [0, 0.05) is 55.9 Å². The van der Waals surface area contributed by atoms with Crippen LogP contribution in [-0.2, 0) is 35.7 Å². The first-order valence-corrected chi connectivity index (χ1v) is 20.5. The molecule has 2 saturated heterocycles. The largest absolute Gasteiger partial charge is 0.503 e. The van der Waals surface area contributed by atoms with Gasteiger partial charge in [-0.2, -0.15) is 0 Å². The minimum atomic E-state index is -0.978. The first-order valence-electron chi connectivity index (χ1n) is 20.1. The molecule has 2 amide bonds. The number of aromatic nitrogens is 2. The third kappa shape index (κ3) is 8.16. The number of ketones is 2. The number of amides is 2. The van der Waals surface area contributed by atoms with Gasteiger partial charge >= 0.3 is 0 Å². The summed E-state index contributed by atoms with van der Waals surface area (Å²) < 4.78 is 55.4. The van der Waals surface area contributed by atoms with Crippen LogP contribution in [0.5, 0.6) is 11.5 Å². The number of hydrogen-bond donors (Lipinski definition) is 4. The van der Waals surface area contributed by atoms with Crippen LogP contribution < -0.4 is 21.5 Å². The van der Waals surface area contributed by atoms with E-state index in [4.69, 9.17) is 21.1 Å². The van der Waals surface area contributed by atoms with Gasteiger partial charge in [0.15, 0.2) is 23.1 Å². The number of carbonyl (C=O) groups is 4. The SMILES string of the molecule is C[C@]12CCCCO[C@@H]1Cn1cc(C(=O)NCc3ccc(F)cc3F)c(=O)c(O)c1C2=O.C[C@]12CCCCO[C@@H]1Cn1cc(C(=O)NCc3cccc(Cl)c3F)c(=O)c(O)c1C2=O. The summed E-state index contributed by atoms with van der Waals surface area (Å²) in [6.07, 6.45) is 6.03. The van der Waals surface area contributed by atoms with Crippen molar-refractivity contribution in [1.29, 1.82) is 0 Å². The molecule has 2 aromatic heterocycles. The van der Waals surface area contributed by atoms with Crippen molar-refractivity contribution in [3.05, 3.63) is 125 Å². The predicted octanol–water partition coefficient (Wildman–Crippen LogP) is 5.58. The van der Waals surface area contributed by atoms with Gasteiger partial charge < -0.3 is 39.5 Å². The van der Waals surface area contributed by atoms with Crippen LogP contribution >= 0.6 is 11.6 Å². The highest BCUT2D eigenvalue weighted by atomic mass is 35.5. The molecule has 4 aliphatic rings. The molecular weight excluding hydrogens is 837 g/mol. The van der Waals surface area contributed by atoms with Gasteiger partial charge in [-0.05, 0) is 51.7 Å². The minimum absolute atomic E-state index is 0.0369. The van der Waals surface area contributed by atoms with E-state index >= 15 is 0 Å². The first-order chi connectivity index (χ1) is 29.5. The molecule has 0 radical (unpaired) electrons. The molecule has 4 N–H and O–H groups in total. The Kier molecular flexibility index (Phi) is 12.5. The zero-order valence-electron chi connectivity index (χ0n) is 33.8. The normalized spacial score (nSPS) is 22.9. The van der Waals surface area contributed by atoms with E-state index < -0.39 is 74.7 Å². The molecule has 2 fully saturated rings. The first kappa shape index (κ1) is 44.3. The number of pyridine rings is 2. The van der Waals surface area contributed by atoms with E-state index in [1.807, 2.05) is 0 Å². The van der Waals surface area contributed by atoms with Gasteiger partial charge in [0.25, 0.3) is 11.8 Å². The number of benzene rings is 2. The summed E-state index contributed by atoms with van der Waals surface area (Å²) in [6, 6.07) is 7.32. The fraction of sp³-hybridized carbons (Fsp3) is 0.409. The lowest BCUT2D eigenvalue weighted by molar-refractivity contribution is -0.0287. The Morgan fingerprint density at radius 2 is 1.23 bits per heavy atom. The Bertz CT molecular complexity index is 2620. The average Bonchev–Trinajstić information content (AvgIpc) is 3.56. The lowest BCUT2D eigenvalue weighted by Crippen LogP contribution is -2.49. The quantitative estimate of drug-likeness (QED) is 0.190. The summed E-state index contributed by atoms with van der Waals surface area (Å²) in [5, 5.41) is 25.8. The average molecular weight is 881 g/mol. The molecule has 62 heavy (non-hydrogen) atoms. The van der Waals surface area contributed by atoms with Gasteiger partial charge in [-0.25, -0.2) is 13.2 Å². The summed E-state index contributed by atoms with van der Waals surface area (Å²) in [7, 11) is 0. The molecule has 8 rings (SSSR count). The maximum atomic E-state index is 14.1. The van der Waals surface area contributed by atoms with Gasteiger partial charge in [-0.3, -0.25) is 28.8 Å². The second-order valence-electron chi connectivity index (χ2n) is 16.4. The Balaban J connectivity index is 0.000000186. The Morgan fingerprint density at radius 1 is 0.742 bits per heavy atom. The highest BCUT2D eigenvalue weighted by molar-refractivity contribution is 6.30. The van der Waals surface area contributed by atoms with Crippen LogP contribution in [0.15, 0.2) is 58.4 Å². The van der Waals surface area contributed by atoms with E-state index in [0.717, 1.165) is 31.7 Å². The van der Waals surface area contributed by atoms with E-state index in [9.17, 15) is 52.2 Å². The highest BCUT2D eigenvalue weighted by Gasteiger charge is 2.50. The standard InChI is InChI=1S/C22H22ClFN2O5.C22H22F2N2O5/c1-22-7-2-3-8-31-15(22)11-26-10-13(18(27)19(28)17(26)20(22)29)21(30)25-9-12-5-4-6-14(23)16(12)24;1-22-6-2-3-7-31-16(22)11-26-10-14(18(27)19(28)17(26)20(22)29)21(30)25-9-12-4-5-13(23)8-15(12)24/h4-6,10,15,28H,2-3,7-9,11H2,1H3,(H,25,30);4-5,8,10,16,28H,2-3,6-7,9,11H2,1H3,(H,25,30)/t15-,22+;16-,22+/m11/s1. The Morgan fingerprint density at radius 3 is 1.71 bits per heavy atom. The zero-order valence-corrected chi connectivity index (χ0v) is 34.6. The molecule has 0 spiro atoms. The zero-order chi connectivity index (χ0) is 44.7. The van der Waals surface area contributed by atoms with Crippen molar-refractivity contribution in [2.45, 2.75) is 90.8 Å². The predicted molar refractivity (Wildman–Crippen MR) is 217 cm³/mol. The van der Waals surface area contributed by atoms with Crippen molar-refractivity contribution in [3.8, 4) is 11.5 Å². The van der Waals surface area contributed by atoms with Crippen molar-refractivity contribution in [3.63, 3.8) is 0 Å². The third-order valence-corrected chi connectivity index (χ3v) is 12.7. The fourth-order valence-corrected chi connectivity index (χ4v) is 8.73. The van der Waals surface area contributed by atoms with Crippen LogP contribution in [0, 0.1) is 28.3 Å². The number of carbonyl (C=O) groups excluding carboxylic acids is 4. The van der Waals surface area contributed by atoms with Crippen LogP contribution in [0.4, 0.5) is 13.2 Å². The van der Waals surface area contributed by atoms with E-state index in [1.54, 1.807) is 19.9 Å². The molecule has 0 bridgehead atoms. The van der Waals surface area contributed by atoms with Crippen molar-refractivity contribution in [2.75, 3.05) is 13.2 Å². The summed E-state index contributed by atoms with van der Waals surface area (Å²) in [5.74, 6) is -6.17. The van der Waals surface area contributed by atoms with Crippen molar-refractivity contribution < 1.29 is 52.0 Å². The van der Waals surface area contributed by atoms with Crippen LogP contribution in [-0.4, -0.2) is 68.1 Å². The number of nitrogens with zero attached hydrogens (tertiary/aromatic N) is 2. The van der Waals surface area contributed by atoms with E-state index in [1.165, 1.54) is 39.7 Å². The molecular formula is C44H44ClF3N4O10. The lowest BCUT2D eigenvalue weighted by atomic mass is 9.72. The number of ether oxygens (including phenoxy) is 2. The van der Waals surface area contributed by atoms with Crippen LogP contribution in [0.1, 0.15) is 105 Å². The number of hydrogen-bond acceptors (Lipinski definition) is 10. The van der Waals surface area contributed by atoms with Crippen LogP contribution in [0.2, 0.25) is 5.02 Å². The van der Waals surface area contributed by atoms with Crippen LogP contribution in [0.3, 0.4) is 0 Å². The molecule has 4 aliphatic heterocycles. The van der Waals surface area contributed by atoms with Crippen LogP contribution in [0.25, 0.3) is 0 Å². The number of aromatic hydroxyl groups is 2. The van der Waals surface area contributed by atoms with E-state index in [2.05, 4.69) is 10.6 Å². The molecule has 0 aliphatic carbocycles. The van der Waals surface area contributed by atoms with Gasteiger partial charge in [-0.15, -0.1) is 0 Å². The summed E-state index contributed by atoms with van der Waals surface area (Å²) >= 11 is 5.75. The van der Waals surface area contributed by atoms with E-state index in [0.29, 0.717) is 32.1 Å². The lowest BCUT2D eigenvalue weighted by Gasteiger charge is -2.40. The monoisotopic (exact) mass is 880 g/mol. The Labute approximate surface area is 357 Å². The maximum Gasteiger partial charge on any atom is 0.257 e. The second kappa shape index (κ2) is 17.5. The van der Waals surface area contributed by atoms with Gasteiger partial charge in [0.05, 0.1) is 41.2 Å². The van der Waals surface area contributed by atoms with Gasteiger partial charge in [0.1, 0.15) is 40.0 Å². The smallest absolute Gasteiger partial charge is 0.257 e. The van der Waals surface area contributed by atoms with Crippen molar-refractivity contribution >= 4 is 35.0 Å². The number of rotatable bonds is 6. The van der Waals surface area contributed by atoms with Crippen molar-refractivity contribution in [2.24, 2.45) is 10.8 Å². The van der Waals surface area contributed by atoms with Gasteiger partial charge in [-0.1, -0.05) is 42.6 Å². The maximum absolute atomic E-state index is 14.1. The number of halogens is 4. The number of Topliss-reactive ketones (excluding diaryl/α,β-unsaturated/α-hetero) is 2. The fourth-order valence-electron chi connectivity index (χ4n) is 8.53. The highest BCUT2D eigenvalue weighted by Crippen LogP contribution is 2.43. The molecule has 0 unspecified atom stereocenters. The molecule has 4 aromatic rings. The summed E-state index contributed by atoms with van der Waals surface area (Å²) in [6.45, 7) is 4.55. The summed E-state index contributed by atoms with van der Waals surface area (Å²) in [4.78, 5) is 77.0. The van der Waals surface area contributed by atoms with Gasteiger partial charge in [0.2, 0.25) is 10.9 Å².